The van der Waals surface area contributed by atoms with E-state index >= 15 is 0 Å². The van der Waals surface area contributed by atoms with E-state index in [1.807, 2.05) is 6.92 Å². The molecule has 0 aromatic carbocycles. The van der Waals surface area contributed by atoms with E-state index in [1.54, 1.807) is 7.05 Å². The summed E-state index contributed by atoms with van der Waals surface area (Å²) in [5.41, 5.74) is 0. The maximum Gasteiger partial charge on any atom is 0.165 e. The predicted molar refractivity (Wildman–Crippen MR) is 45.7 cm³/mol. The van der Waals surface area contributed by atoms with E-state index in [-0.39, 0.29) is 0 Å². The van der Waals surface area contributed by atoms with Crippen LogP contribution in [-0.2, 0) is 12.9 Å². The number of nitrogens with zero attached hydrogens (tertiary/aromatic N) is 4. The predicted octanol–water partition coefficient (Wildman–Crippen LogP) is 0.338. The number of hydrogen-bond acceptors (Lipinski definition) is 4. The Hall–Kier alpha value is -0.680. The van der Waals surface area contributed by atoms with E-state index in [9.17, 15) is 0 Å². The van der Waals surface area contributed by atoms with Gasteiger partial charge in [-0.25, -0.2) is 4.68 Å². The van der Waals surface area contributed by atoms with Crippen LogP contribution in [0.15, 0.2) is 0 Å². The minimum absolute atomic E-state index is 0.319. The van der Waals surface area contributed by atoms with Crippen LogP contribution < -0.4 is 0 Å². The zero-order chi connectivity index (χ0) is 9.40. The maximum atomic E-state index is 7.88. The SMILES string of the molecule is CCCO.Cn1nnnc1CCl. The lowest BCUT2D eigenvalue weighted by Gasteiger charge is -1.86. The third kappa shape index (κ3) is 4.25. The summed E-state index contributed by atoms with van der Waals surface area (Å²) in [7, 11) is 1.75. The third-order valence-electron chi connectivity index (χ3n) is 1.05. The van der Waals surface area contributed by atoms with Crippen LogP contribution in [0.5, 0.6) is 0 Å². The molecule has 1 aromatic heterocycles. The lowest BCUT2D eigenvalue weighted by Crippen LogP contribution is -1.95. The van der Waals surface area contributed by atoms with Crippen LogP contribution in [0.4, 0.5) is 0 Å². The molecule has 0 bridgehead atoms. The molecule has 5 nitrogen and oxygen atoms in total. The number of aliphatic hydroxyl groups excluding tert-OH is 1. The normalized spacial score (nSPS) is 9.00. The van der Waals surface area contributed by atoms with Crippen molar-refractivity contribution in [2.24, 2.45) is 7.05 Å². The topological polar surface area (TPSA) is 63.8 Å². The fourth-order valence-electron chi connectivity index (χ4n) is 0.361. The molecule has 1 N–H and O–H groups in total. The molecule has 0 amide bonds. The van der Waals surface area contributed by atoms with Gasteiger partial charge in [0.25, 0.3) is 0 Å². The number of hydrogen-bond donors (Lipinski definition) is 1. The molecule has 6 heteroatoms. The number of aryl methyl sites for hydroxylation is 1. The Kier molecular flexibility index (Phi) is 6.60. The van der Waals surface area contributed by atoms with Gasteiger partial charge in [0.05, 0.1) is 5.88 Å². The van der Waals surface area contributed by atoms with Crippen molar-refractivity contribution < 1.29 is 5.11 Å². The monoisotopic (exact) mass is 192 g/mol. The molecule has 0 aliphatic rings. The van der Waals surface area contributed by atoms with Crippen LogP contribution in [-0.4, -0.2) is 31.9 Å². The van der Waals surface area contributed by atoms with Gasteiger partial charge in [0, 0.05) is 13.7 Å². The molecule has 0 radical (unpaired) electrons. The van der Waals surface area contributed by atoms with E-state index in [2.05, 4.69) is 15.5 Å². The van der Waals surface area contributed by atoms with Gasteiger partial charge >= 0.3 is 0 Å². The number of aromatic nitrogens is 4. The van der Waals surface area contributed by atoms with Gasteiger partial charge in [-0.15, -0.1) is 16.7 Å². The zero-order valence-corrected chi connectivity index (χ0v) is 7.99. The van der Waals surface area contributed by atoms with Crippen LogP contribution in [0.1, 0.15) is 19.2 Å². The molecule has 0 spiro atoms. The average molecular weight is 193 g/mol. The summed E-state index contributed by atoms with van der Waals surface area (Å²) in [5, 5.41) is 18.4. The van der Waals surface area contributed by atoms with E-state index in [0.717, 1.165) is 6.42 Å². The summed E-state index contributed by atoms with van der Waals surface area (Å²) >= 11 is 5.41. The summed E-state index contributed by atoms with van der Waals surface area (Å²) in [4.78, 5) is 0. The van der Waals surface area contributed by atoms with Gasteiger partial charge < -0.3 is 5.11 Å². The lowest BCUT2D eigenvalue weighted by molar-refractivity contribution is 0.295. The second kappa shape index (κ2) is 7.00. The first-order valence-corrected chi connectivity index (χ1v) is 4.17. The highest BCUT2D eigenvalue weighted by Crippen LogP contribution is 1.91. The quantitative estimate of drug-likeness (QED) is 0.687. The van der Waals surface area contributed by atoms with Crippen molar-refractivity contribution in [2.75, 3.05) is 6.61 Å². The number of alkyl halides is 1. The van der Waals surface area contributed by atoms with Gasteiger partial charge in [-0.3, -0.25) is 0 Å². The number of halogens is 1. The van der Waals surface area contributed by atoms with Crippen LogP contribution in [0.2, 0.25) is 0 Å². The highest BCUT2D eigenvalue weighted by atomic mass is 35.5. The summed E-state index contributed by atoms with van der Waals surface area (Å²) < 4.78 is 1.53. The lowest BCUT2D eigenvalue weighted by atomic mass is 10.5. The van der Waals surface area contributed by atoms with E-state index in [4.69, 9.17) is 16.7 Å². The highest BCUT2D eigenvalue weighted by Gasteiger charge is 1.95. The summed E-state index contributed by atoms with van der Waals surface area (Å²) in [6.07, 6.45) is 0.875. The van der Waals surface area contributed by atoms with E-state index in [0.29, 0.717) is 18.3 Å². The Morgan fingerprint density at radius 2 is 2.17 bits per heavy atom. The first-order chi connectivity index (χ1) is 5.76. The van der Waals surface area contributed by atoms with Crippen molar-refractivity contribution in [3.05, 3.63) is 5.82 Å². The smallest absolute Gasteiger partial charge is 0.165 e. The highest BCUT2D eigenvalue weighted by molar-refractivity contribution is 6.16. The molecule has 12 heavy (non-hydrogen) atoms. The van der Waals surface area contributed by atoms with Crippen molar-refractivity contribution in [2.45, 2.75) is 19.2 Å². The first kappa shape index (κ1) is 11.3. The Bertz CT molecular complexity index is 201. The van der Waals surface area contributed by atoms with Crippen molar-refractivity contribution in [1.82, 2.24) is 20.2 Å². The number of aliphatic hydroxyl groups is 1. The summed E-state index contributed by atoms with van der Waals surface area (Å²) in [6.45, 7) is 2.25. The molecule has 0 saturated carbocycles. The van der Waals surface area contributed by atoms with Crippen molar-refractivity contribution >= 4 is 11.6 Å². The first-order valence-electron chi connectivity index (χ1n) is 3.64. The molecule has 0 fully saturated rings. The second-order valence-electron chi connectivity index (χ2n) is 2.08. The molecule has 70 valence electrons. The summed E-state index contributed by atoms with van der Waals surface area (Å²) in [5.74, 6) is 1.05. The van der Waals surface area contributed by atoms with Gasteiger partial charge in [-0.05, 0) is 16.8 Å². The van der Waals surface area contributed by atoms with Gasteiger partial charge in [0.1, 0.15) is 0 Å². The minimum atomic E-state index is 0.319. The van der Waals surface area contributed by atoms with Gasteiger partial charge in [-0.2, -0.15) is 0 Å². The average Bonchev–Trinajstić information content (AvgIpc) is 2.51. The molecule has 0 saturated heterocycles. The Labute approximate surface area is 76.3 Å². The van der Waals surface area contributed by atoms with Gasteiger partial charge in [0.15, 0.2) is 5.82 Å². The fourth-order valence-corrected chi connectivity index (χ4v) is 0.588. The van der Waals surface area contributed by atoms with Crippen LogP contribution in [0, 0.1) is 0 Å². The van der Waals surface area contributed by atoms with E-state index < -0.39 is 0 Å². The molecule has 0 unspecified atom stereocenters. The molecule has 1 rings (SSSR count). The van der Waals surface area contributed by atoms with Gasteiger partial charge in [0.2, 0.25) is 0 Å². The second-order valence-corrected chi connectivity index (χ2v) is 2.34. The van der Waals surface area contributed by atoms with Crippen molar-refractivity contribution in [3.63, 3.8) is 0 Å². The van der Waals surface area contributed by atoms with E-state index in [1.165, 1.54) is 4.68 Å². The fraction of sp³-hybridized carbons (Fsp3) is 0.833. The standard InChI is InChI=1S/C3H5ClN4.C3H8O/c1-8-3(2-4)5-6-7-8;1-2-3-4/h2H2,1H3;4H,2-3H2,1H3. The molecule has 0 atom stereocenters. The zero-order valence-electron chi connectivity index (χ0n) is 7.24. The minimum Gasteiger partial charge on any atom is -0.396 e. The van der Waals surface area contributed by atoms with Crippen LogP contribution in [0.3, 0.4) is 0 Å². The molecular weight excluding hydrogens is 180 g/mol. The molecular formula is C6H13ClN4O. The van der Waals surface area contributed by atoms with Gasteiger partial charge in [-0.1, -0.05) is 6.92 Å². The Morgan fingerprint density at radius 3 is 2.33 bits per heavy atom. The number of tetrazole rings is 1. The number of rotatable bonds is 2. The molecule has 0 aliphatic heterocycles. The Morgan fingerprint density at radius 1 is 1.58 bits per heavy atom. The third-order valence-corrected chi connectivity index (χ3v) is 1.29. The van der Waals surface area contributed by atoms with Crippen LogP contribution >= 0.6 is 11.6 Å². The molecule has 1 aromatic rings. The summed E-state index contributed by atoms with van der Waals surface area (Å²) in [6, 6.07) is 0. The van der Waals surface area contributed by atoms with Crippen LogP contribution in [0.25, 0.3) is 0 Å². The Balaban J connectivity index is 0.000000261. The molecule has 1 heterocycles. The maximum absolute atomic E-state index is 7.88. The largest absolute Gasteiger partial charge is 0.396 e. The van der Waals surface area contributed by atoms with Crippen molar-refractivity contribution in [3.8, 4) is 0 Å². The molecule has 0 aliphatic carbocycles. The van der Waals surface area contributed by atoms with Crippen molar-refractivity contribution in [1.29, 1.82) is 0 Å².